The minimum Gasteiger partial charge on any atom is -0.343 e. The number of anilines is 1. The number of amides is 2. The molecule has 0 spiro atoms. The summed E-state index contributed by atoms with van der Waals surface area (Å²) >= 11 is 1.42. The molecule has 1 aliphatic heterocycles. The lowest BCUT2D eigenvalue weighted by Crippen LogP contribution is -2.41. The molecule has 0 saturated carbocycles. The van der Waals surface area contributed by atoms with Crippen LogP contribution in [-0.2, 0) is 16.0 Å². The topological polar surface area (TPSA) is 75.2 Å². The monoisotopic (exact) mass is 386 g/mol. The molecule has 2 amide bonds. The predicted molar refractivity (Wildman–Crippen MR) is 107 cm³/mol. The number of carbonyl (C=O) groups is 2. The summed E-state index contributed by atoms with van der Waals surface area (Å²) < 4.78 is 0. The number of hydrogen-bond acceptors (Lipinski definition) is 5. The summed E-state index contributed by atoms with van der Waals surface area (Å²) in [5, 5.41) is 12.5. The third kappa shape index (κ3) is 5.35. The van der Waals surface area contributed by atoms with Crippen molar-refractivity contribution in [1.29, 1.82) is 0 Å². The van der Waals surface area contributed by atoms with Gasteiger partial charge in [-0.25, -0.2) is 0 Å². The number of likely N-dealkylation sites (tertiary alicyclic amines) is 1. The van der Waals surface area contributed by atoms with Gasteiger partial charge in [-0.3, -0.25) is 9.59 Å². The maximum Gasteiger partial charge on any atom is 0.229 e. The fourth-order valence-corrected chi connectivity index (χ4v) is 3.92. The summed E-state index contributed by atoms with van der Waals surface area (Å²) in [4.78, 5) is 26.8. The van der Waals surface area contributed by atoms with Crippen molar-refractivity contribution in [3.8, 4) is 0 Å². The molecule has 0 bridgehead atoms. The number of nitrogens with one attached hydrogen (secondary N) is 1. The average molecular weight is 387 g/mol. The van der Waals surface area contributed by atoms with Gasteiger partial charge in [0.15, 0.2) is 0 Å². The molecule has 144 valence electrons. The van der Waals surface area contributed by atoms with E-state index in [-0.39, 0.29) is 17.7 Å². The van der Waals surface area contributed by atoms with Crippen molar-refractivity contribution < 1.29 is 9.59 Å². The van der Waals surface area contributed by atoms with Crippen molar-refractivity contribution in [2.45, 2.75) is 45.4 Å². The van der Waals surface area contributed by atoms with Crippen molar-refractivity contribution in [3.05, 3.63) is 40.9 Å². The molecular weight excluding hydrogens is 360 g/mol. The van der Waals surface area contributed by atoms with E-state index < -0.39 is 0 Å². The van der Waals surface area contributed by atoms with E-state index in [4.69, 9.17) is 0 Å². The highest BCUT2D eigenvalue weighted by Gasteiger charge is 2.27. The maximum atomic E-state index is 12.5. The zero-order chi connectivity index (χ0) is 19.2. The quantitative estimate of drug-likeness (QED) is 0.825. The summed E-state index contributed by atoms with van der Waals surface area (Å²) in [6, 6.07) is 10.1. The van der Waals surface area contributed by atoms with Crippen LogP contribution in [0.4, 0.5) is 5.13 Å². The fraction of sp³-hybridized carbons (Fsp3) is 0.500. The van der Waals surface area contributed by atoms with Crippen molar-refractivity contribution in [2.75, 3.05) is 18.4 Å². The lowest BCUT2D eigenvalue weighted by atomic mass is 9.95. The largest absolute Gasteiger partial charge is 0.343 e. The van der Waals surface area contributed by atoms with Gasteiger partial charge in [0.1, 0.15) is 5.01 Å². The van der Waals surface area contributed by atoms with Crippen LogP contribution in [0.5, 0.6) is 0 Å². The van der Waals surface area contributed by atoms with Gasteiger partial charge in [-0.05, 0) is 24.8 Å². The molecule has 1 aliphatic rings. The lowest BCUT2D eigenvalue weighted by Gasteiger charge is -2.31. The molecule has 1 N–H and O–H groups in total. The molecule has 6 nitrogen and oxygen atoms in total. The molecule has 0 radical (unpaired) electrons. The summed E-state index contributed by atoms with van der Waals surface area (Å²) in [5.74, 6) is 0.383. The highest BCUT2D eigenvalue weighted by Crippen LogP contribution is 2.25. The van der Waals surface area contributed by atoms with E-state index in [1.807, 2.05) is 35.2 Å². The first-order chi connectivity index (χ1) is 13.0. The Morgan fingerprint density at radius 3 is 2.52 bits per heavy atom. The number of aryl methyl sites for hydroxylation is 1. The van der Waals surface area contributed by atoms with Gasteiger partial charge in [0, 0.05) is 31.3 Å². The van der Waals surface area contributed by atoms with E-state index in [0.717, 1.165) is 11.4 Å². The van der Waals surface area contributed by atoms with Crippen LogP contribution in [0, 0.1) is 5.92 Å². The Morgan fingerprint density at radius 1 is 1.19 bits per heavy atom. The first-order valence-electron chi connectivity index (χ1n) is 9.49. The van der Waals surface area contributed by atoms with Gasteiger partial charge in [0.2, 0.25) is 16.9 Å². The second kappa shape index (κ2) is 9.08. The second-order valence-electron chi connectivity index (χ2n) is 7.23. The van der Waals surface area contributed by atoms with Gasteiger partial charge in [0.25, 0.3) is 0 Å². The smallest absolute Gasteiger partial charge is 0.229 e. The molecule has 1 aromatic carbocycles. The number of piperidine rings is 1. The molecule has 7 heteroatoms. The average Bonchev–Trinajstić information content (AvgIpc) is 3.16. The molecule has 27 heavy (non-hydrogen) atoms. The first-order valence-corrected chi connectivity index (χ1v) is 10.3. The Hall–Kier alpha value is -2.28. The van der Waals surface area contributed by atoms with E-state index in [1.165, 1.54) is 16.9 Å². The van der Waals surface area contributed by atoms with E-state index in [0.29, 0.717) is 43.4 Å². The predicted octanol–water partition coefficient (Wildman–Crippen LogP) is 3.47. The van der Waals surface area contributed by atoms with Crippen LogP contribution in [0.3, 0.4) is 0 Å². The first kappa shape index (κ1) is 19.5. The molecule has 0 atom stereocenters. The van der Waals surface area contributed by atoms with Crippen molar-refractivity contribution in [3.63, 3.8) is 0 Å². The number of carbonyl (C=O) groups excluding carboxylic acids is 2. The van der Waals surface area contributed by atoms with E-state index >= 15 is 0 Å². The molecule has 1 fully saturated rings. The zero-order valence-corrected chi connectivity index (χ0v) is 16.7. The molecule has 2 heterocycles. The number of nitrogens with zero attached hydrogens (tertiary/aromatic N) is 3. The highest BCUT2D eigenvalue weighted by atomic mass is 32.1. The van der Waals surface area contributed by atoms with Gasteiger partial charge in [-0.2, -0.15) is 0 Å². The molecule has 3 rings (SSSR count). The van der Waals surface area contributed by atoms with Gasteiger partial charge < -0.3 is 10.2 Å². The summed E-state index contributed by atoms with van der Waals surface area (Å²) in [6.07, 6.45) is 2.66. The van der Waals surface area contributed by atoms with E-state index in [1.54, 1.807) is 0 Å². The number of rotatable bonds is 6. The van der Waals surface area contributed by atoms with Gasteiger partial charge in [-0.1, -0.05) is 55.5 Å². The number of hydrogen-bond donors (Lipinski definition) is 1. The lowest BCUT2D eigenvalue weighted by molar-refractivity contribution is -0.134. The zero-order valence-electron chi connectivity index (χ0n) is 15.9. The Labute approximate surface area is 164 Å². The Balaban J connectivity index is 1.43. The molecule has 0 unspecified atom stereocenters. The maximum absolute atomic E-state index is 12.5. The van der Waals surface area contributed by atoms with Crippen molar-refractivity contribution in [1.82, 2.24) is 15.1 Å². The third-order valence-corrected chi connectivity index (χ3v) is 5.99. The minimum atomic E-state index is -0.0745. The van der Waals surface area contributed by atoms with Crippen LogP contribution in [-0.4, -0.2) is 40.0 Å². The number of aromatic nitrogens is 2. The van der Waals surface area contributed by atoms with Crippen molar-refractivity contribution >= 4 is 28.3 Å². The summed E-state index contributed by atoms with van der Waals surface area (Å²) in [6.45, 7) is 5.38. The van der Waals surface area contributed by atoms with Crippen LogP contribution >= 0.6 is 11.3 Å². The van der Waals surface area contributed by atoms with E-state index in [9.17, 15) is 9.59 Å². The SMILES string of the molecule is CC(C)c1nnc(NC(=O)C2CCN(C(=O)CCc3ccccc3)CC2)s1. The molecule has 1 saturated heterocycles. The Morgan fingerprint density at radius 2 is 1.89 bits per heavy atom. The van der Waals surface area contributed by atoms with Gasteiger partial charge in [-0.15, -0.1) is 10.2 Å². The Kier molecular flexibility index (Phi) is 6.55. The van der Waals surface area contributed by atoms with Crippen LogP contribution < -0.4 is 5.32 Å². The standard InChI is InChI=1S/C20H26N4O2S/c1-14(2)19-22-23-20(27-19)21-18(26)16-10-12-24(13-11-16)17(25)9-8-15-6-4-3-5-7-15/h3-7,14,16H,8-13H2,1-2H3,(H,21,23,26). The second-order valence-corrected chi connectivity index (χ2v) is 8.24. The van der Waals surface area contributed by atoms with Crippen LogP contribution in [0.25, 0.3) is 0 Å². The van der Waals surface area contributed by atoms with Crippen LogP contribution in [0.15, 0.2) is 30.3 Å². The van der Waals surface area contributed by atoms with Gasteiger partial charge in [0.05, 0.1) is 0 Å². The highest BCUT2D eigenvalue weighted by molar-refractivity contribution is 7.15. The number of benzene rings is 1. The van der Waals surface area contributed by atoms with Crippen LogP contribution in [0.1, 0.15) is 49.6 Å². The molecule has 2 aromatic rings. The molecule has 1 aromatic heterocycles. The van der Waals surface area contributed by atoms with Gasteiger partial charge >= 0.3 is 0 Å². The minimum absolute atomic E-state index is 0.0159. The van der Waals surface area contributed by atoms with E-state index in [2.05, 4.69) is 29.4 Å². The Bertz CT molecular complexity index is 767. The summed E-state index contributed by atoms with van der Waals surface area (Å²) in [7, 11) is 0. The van der Waals surface area contributed by atoms with Crippen LogP contribution in [0.2, 0.25) is 0 Å². The normalized spacial score (nSPS) is 15.1. The molecular formula is C20H26N4O2S. The fourth-order valence-electron chi connectivity index (χ4n) is 3.17. The molecule has 0 aliphatic carbocycles. The summed E-state index contributed by atoms with van der Waals surface area (Å²) in [5.41, 5.74) is 1.18. The van der Waals surface area contributed by atoms with Crippen molar-refractivity contribution in [2.24, 2.45) is 5.92 Å². The third-order valence-electron chi connectivity index (χ3n) is 4.85.